The highest BCUT2D eigenvalue weighted by atomic mass is 19.4. The number of alkyl halides is 3. The second-order valence-electron chi connectivity index (χ2n) is 4.53. The first kappa shape index (κ1) is 16.3. The van der Waals surface area contributed by atoms with Crippen LogP contribution in [0.15, 0.2) is 18.3 Å². The van der Waals surface area contributed by atoms with E-state index in [0.717, 1.165) is 0 Å². The van der Waals surface area contributed by atoms with Crippen molar-refractivity contribution in [3.8, 4) is 5.75 Å². The molecule has 1 amide bonds. The summed E-state index contributed by atoms with van der Waals surface area (Å²) in [6, 6.07) is 2.94. The van der Waals surface area contributed by atoms with E-state index in [0.29, 0.717) is 12.1 Å². The fourth-order valence-electron chi connectivity index (χ4n) is 1.92. The van der Waals surface area contributed by atoms with Gasteiger partial charge in [-0.05, 0) is 18.6 Å². The molecule has 0 bridgehead atoms. The SMILES string of the molecule is CCC(C(N)=O)[C@@H](C)c1ccc(OCC(F)(F)F)cn1. The molecule has 0 aliphatic heterocycles. The summed E-state index contributed by atoms with van der Waals surface area (Å²) < 4.78 is 40.5. The number of hydrogen-bond donors (Lipinski definition) is 1. The third-order valence-electron chi connectivity index (χ3n) is 3.04. The molecule has 7 heteroatoms. The maximum Gasteiger partial charge on any atom is 0.422 e. The number of ether oxygens (including phenoxy) is 1. The third kappa shape index (κ3) is 4.71. The van der Waals surface area contributed by atoms with Crippen LogP contribution in [-0.4, -0.2) is 23.7 Å². The number of nitrogens with zero attached hydrogens (tertiary/aromatic N) is 1. The summed E-state index contributed by atoms with van der Waals surface area (Å²) in [5.74, 6) is -0.941. The monoisotopic (exact) mass is 290 g/mol. The number of rotatable bonds is 6. The van der Waals surface area contributed by atoms with Gasteiger partial charge in [0.05, 0.1) is 6.20 Å². The predicted octanol–water partition coefficient (Wildman–Crippen LogP) is 2.64. The van der Waals surface area contributed by atoms with Crippen LogP contribution in [0, 0.1) is 5.92 Å². The molecule has 0 aromatic carbocycles. The molecule has 0 radical (unpaired) electrons. The van der Waals surface area contributed by atoms with Gasteiger partial charge in [0.15, 0.2) is 6.61 Å². The Balaban J connectivity index is 2.73. The maximum atomic E-state index is 12.0. The average molecular weight is 290 g/mol. The zero-order valence-corrected chi connectivity index (χ0v) is 11.3. The zero-order chi connectivity index (χ0) is 15.3. The fraction of sp³-hybridized carbons (Fsp3) is 0.538. The van der Waals surface area contributed by atoms with Crippen molar-refractivity contribution in [3.05, 3.63) is 24.0 Å². The molecule has 1 heterocycles. The number of hydrogen-bond acceptors (Lipinski definition) is 3. The van der Waals surface area contributed by atoms with Gasteiger partial charge in [0.2, 0.25) is 5.91 Å². The molecule has 1 aromatic rings. The Morgan fingerprint density at radius 2 is 2.10 bits per heavy atom. The first-order valence-electron chi connectivity index (χ1n) is 6.19. The molecular formula is C13H17F3N2O2. The van der Waals surface area contributed by atoms with Gasteiger partial charge in [-0.1, -0.05) is 13.8 Å². The van der Waals surface area contributed by atoms with Crippen molar-refractivity contribution in [3.63, 3.8) is 0 Å². The minimum atomic E-state index is -4.38. The van der Waals surface area contributed by atoms with Crippen LogP contribution < -0.4 is 10.5 Å². The molecule has 2 atom stereocenters. The highest BCUT2D eigenvalue weighted by Crippen LogP contribution is 2.26. The summed E-state index contributed by atoms with van der Waals surface area (Å²) >= 11 is 0. The molecule has 0 aliphatic rings. The van der Waals surface area contributed by atoms with Gasteiger partial charge in [0.25, 0.3) is 0 Å². The highest BCUT2D eigenvalue weighted by Gasteiger charge is 2.28. The number of aromatic nitrogens is 1. The number of primary amides is 1. The third-order valence-corrected chi connectivity index (χ3v) is 3.04. The maximum absolute atomic E-state index is 12.0. The molecule has 112 valence electrons. The lowest BCUT2D eigenvalue weighted by Crippen LogP contribution is -2.27. The molecule has 0 saturated heterocycles. The smallest absolute Gasteiger partial charge is 0.422 e. The Labute approximate surface area is 115 Å². The minimum absolute atomic E-state index is 0.0328. The summed E-state index contributed by atoms with van der Waals surface area (Å²) in [7, 11) is 0. The topological polar surface area (TPSA) is 65.2 Å². The molecule has 2 N–H and O–H groups in total. The first-order chi connectivity index (χ1) is 9.24. The number of amides is 1. The molecule has 20 heavy (non-hydrogen) atoms. The standard InChI is InChI=1S/C13H17F3N2O2/c1-3-10(12(17)19)8(2)11-5-4-9(6-18-11)20-7-13(14,15)16/h4-6,8,10H,3,7H2,1-2H3,(H2,17,19)/t8-,10?/m1/s1. The molecule has 1 rings (SSSR count). The van der Waals surface area contributed by atoms with Gasteiger partial charge in [-0.15, -0.1) is 0 Å². The Kier molecular flexibility index (Phi) is 5.35. The van der Waals surface area contributed by atoms with E-state index >= 15 is 0 Å². The molecule has 1 aromatic heterocycles. The quantitative estimate of drug-likeness (QED) is 0.876. The number of halogens is 3. The van der Waals surface area contributed by atoms with Crippen molar-refractivity contribution in [1.29, 1.82) is 0 Å². The van der Waals surface area contributed by atoms with Gasteiger partial charge in [0.1, 0.15) is 5.75 Å². The molecular weight excluding hydrogens is 273 g/mol. The highest BCUT2D eigenvalue weighted by molar-refractivity contribution is 5.77. The summed E-state index contributed by atoms with van der Waals surface area (Å²) in [5.41, 5.74) is 5.89. The van der Waals surface area contributed by atoms with Gasteiger partial charge in [0, 0.05) is 17.5 Å². The Hall–Kier alpha value is -1.79. The van der Waals surface area contributed by atoms with Crippen LogP contribution in [0.2, 0.25) is 0 Å². The second-order valence-corrected chi connectivity index (χ2v) is 4.53. The van der Waals surface area contributed by atoms with E-state index in [1.807, 2.05) is 6.92 Å². The van der Waals surface area contributed by atoms with Crippen molar-refractivity contribution < 1.29 is 22.7 Å². The largest absolute Gasteiger partial charge is 0.483 e. The van der Waals surface area contributed by atoms with Crippen LogP contribution in [0.3, 0.4) is 0 Å². The van der Waals surface area contributed by atoms with Crippen LogP contribution in [0.25, 0.3) is 0 Å². The number of pyridine rings is 1. The lowest BCUT2D eigenvalue weighted by molar-refractivity contribution is -0.153. The fourth-order valence-corrected chi connectivity index (χ4v) is 1.92. The molecule has 1 unspecified atom stereocenters. The number of carbonyl (C=O) groups is 1. The zero-order valence-electron chi connectivity index (χ0n) is 11.3. The van der Waals surface area contributed by atoms with Gasteiger partial charge >= 0.3 is 6.18 Å². The van der Waals surface area contributed by atoms with Crippen molar-refractivity contribution in [2.75, 3.05) is 6.61 Å². The predicted molar refractivity (Wildman–Crippen MR) is 67.2 cm³/mol. The lowest BCUT2D eigenvalue weighted by Gasteiger charge is -2.19. The number of carbonyl (C=O) groups excluding carboxylic acids is 1. The molecule has 4 nitrogen and oxygen atoms in total. The summed E-state index contributed by atoms with van der Waals surface area (Å²) in [6.45, 7) is 2.28. The number of nitrogens with two attached hydrogens (primary N) is 1. The summed E-state index contributed by atoms with van der Waals surface area (Å²) in [4.78, 5) is 15.3. The van der Waals surface area contributed by atoms with Crippen LogP contribution in [0.5, 0.6) is 5.75 Å². The average Bonchev–Trinajstić information content (AvgIpc) is 2.36. The van der Waals surface area contributed by atoms with Gasteiger partial charge in [-0.3, -0.25) is 9.78 Å². The van der Waals surface area contributed by atoms with Crippen molar-refractivity contribution in [1.82, 2.24) is 4.98 Å². The van der Waals surface area contributed by atoms with Crippen molar-refractivity contribution >= 4 is 5.91 Å². The van der Waals surface area contributed by atoms with E-state index in [1.54, 1.807) is 13.0 Å². The van der Waals surface area contributed by atoms with E-state index in [1.165, 1.54) is 12.3 Å². The Morgan fingerprint density at radius 3 is 2.50 bits per heavy atom. The van der Waals surface area contributed by atoms with Gasteiger partial charge < -0.3 is 10.5 Å². The normalized spacial score (nSPS) is 14.7. The molecule has 0 spiro atoms. The molecule has 0 fully saturated rings. The van der Waals surface area contributed by atoms with Gasteiger partial charge in [-0.25, -0.2) is 0 Å². The van der Waals surface area contributed by atoms with Crippen LogP contribution in [0.4, 0.5) is 13.2 Å². The van der Waals surface area contributed by atoms with Crippen molar-refractivity contribution in [2.45, 2.75) is 32.4 Å². The second kappa shape index (κ2) is 6.58. The van der Waals surface area contributed by atoms with Crippen molar-refractivity contribution in [2.24, 2.45) is 11.7 Å². The lowest BCUT2D eigenvalue weighted by atomic mass is 9.88. The van der Waals surface area contributed by atoms with E-state index in [2.05, 4.69) is 9.72 Å². The van der Waals surface area contributed by atoms with Crippen LogP contribution in [-0.2, 0) is 4.79 Å². The van der Waals surface area contributed by atoms with Crippen LogP contribution in [0.1, 0.15) is 31.9 Å². The first-order valence-corrected chi connectivity index (χ1v) is 6.19. The van der Waals surface area contributed by atoms with E-state index in [9.17, 15) is 18.0 Å². The Bertz CT molecular complexity index is 446. The molecule has 0 aliphatic carbocycles. The summed E-state index contributed by atoms with van der Waals surface area (Å²) in [5, 5.41) is 0. The van der Waals surface area contributed by atoms with E-state index < -0.39 is 18.7 Å². The Morgan fingerprint density at radius 1 is 1.45 bits per heavy atom. The van der Waals surface area contributed by atoms with E-state index in [4.69, 9.17) is 5.73 Å². The molecule has 0 saturated carbocycles. The minimum Gasteiger partial charge on any atom is -0.483 e. The summed E-state index contributed by atoms with van der Waals surface area (Å²) in [6.07, 6.45) is -2.60. The van der Waals surface area contributed by atoms with Crippen LogP contribution >= 0.6 is 0 Å². The van der Waals surface area contributed by atoms with E-state index in [-0.39, 0.29) is 17.6 Å². The van der Waals surface area contributed by atoms with Gasteiger partial charge in [-0.2, -0.15) is 13.2 Å².